The van der Waals surface area contributed by atoms with Crippen molar-refractivity contribution in [3.63, 3.8) is 0 Å². The van der Waals surface area contributed by atoms with Crippen LogP contribution >= 0.6 is 0 Å². The summed E-state index contributed by atoms with van der Waals surface area (Å²) in [6.07, 6.45) is 0. The number of hydrogen-bond acceptors (Lipinski definition) is 2. The molecule has 0 atom stereocenters. The molecule has 0 fully saturated rings. The quantitative estimate of drug-likeness (QED) is 0.186. The van der Waals surface area contributed by atoms with Crippen molar-refractivity contribution in [1.82, 2.24) is 19.1 Å². The molecule has 0 N–H and O–H groups in total. The number of hydrogen-bond donors (Lipinski definition) is 0. The molecule has 1 aliphatic rings. The van der Waals surface area contributed by atoms with E-state index in [4.69, 9.17) is 9.97 Å². The molecular formula is C49H34N4. The molecule has 10 aromatic rings. The van der Waals surface area contributed by atoms with Crippen molar-refractivity contribution in [3.05, 3.63) is 181 Å². The minimum absolute atomic E-state index is 0.228. The van der Waals surface area contributed by atoms with Gasteiger partial charge in [-0.3, -0.25) is 0 Å². The van der Waals surface area contributed by atoms with Gasteiger partial charge in [-0.05, 0) is 54.1 Å². The van der Waals surface area contributed by atoms with E-state index in [1.807, 2.05) is 0 Å². The van der Waals surface area contributed by atoms with Crippen LogP contribution in [0.5, 0.6) is 0 Å². The minimum atomic E-state index is -0.228. The first-order valence-electron chi connectivity index (χ1n) is 18.3. The Hall–Kier alpha value is -6.78. The molecular weight excluding hydrogens is 645 g/mol. The van der Waals surface area contributed by atoms with Crippen molar-refractivity contribution in [1.29, 1.82) is 0 Å². The SMILES string of the molecule is CC1(C)c2ccccc2-c2nc(-c3cccc(-n4c5ccccc5c5cc6c7ccccc7n(-c7ccccc7)c6cc54)c3)nc(-c3ccccc3)c21. The van der Waals surface area contributed by atoms with Gasteiger partial charge in [0.1, 0.15) is 0 Å². The first kappa shape index (κ1) is 29.9. The van der Waals surface area contributed by atoms with Gasteiger partial charge in [-0.15, -0.1) is 0 Å². The fourth-order valence-electron chi connectivity index (χ4n) is 8.90. The summed E-state index contributed by atoms with van der Waals surface area (Å²) in [5, 5.41) is 4.95. The monoisotopic (exact) mass is 678 g/mol. The van der Waals surface area contributed by atoms with Crippen molar-refractivity contribution in [2.45, 2.75) is 19.3 Å². The van der Waals surface area contributed by atoms with Crippen LogP contribution in [0.25, 0.3) is 88.9 Å². The Balaban J connectivity index is 1.17. The van der Waals surface area contributed by atoms with Gasteiger partial charge in [0.2, 0.25) is 0 Å². The van der Waals surface area contributed by atoms with Crippen LogP contribution < -0.4 is 0 Å². The van der Waals surface area contributed by atoms with E-state index in [-0.39, 0.29) is 5.41 Å². The van der Waals surface area contributed by atoms with E-state index >= 15 is 0 Å². The second kappa shape index (κ2) is 11.1. The van der Waals surface area contributed by atoms with E-state index in [0.29, 0.717) is 0 Å². The van der Waals surface area contributed by atoms with Gasteiger partial charge in [-0.2, -0.15) is 0 Å². The molecule has 0 aliphatic heterocycles. The van der Waals surface area contributed by atoms with E-state index in [2.05, 4.69) is 193 Å². The molecule has 1 aliphatic carbocycles. The van der Waals surface area contributed by atoms with Crippen molar-refractivity contribution in [2.24, 2.45) is 0 Å². The lowest BCUT2D eigenvalue weighted by Gasteiger charge is -2.23. The highest BCUT2D eigenvalue weighted by Gasteiger charge is 2.40. The standard InChI is InChI=1S/C49H34N4/c1-49(2)40-25-12-9-24-37(40)47-45(49)46(31-16-5-3-6-17-31)50-48(51-47)32-18-15-21-34(28-32)53-42-27-14-11-23-36(42)39-29-38-35-22-10-13-26-41(35)52(43(38)30-44(39)53)33-19-7-4-8-20-33/h3-30H,1-2H3. The average molecular weight is 679 g/mol. The molecule has 0 saturated heterocycles. The average Bonchev–Trinajstić information content (AvgIpc) is 3.80. The number of nitrogens with zero attached hydrogens (tertiary/aromatic N) is 4. The van der Waals surface area contributed by atoms with Crippen LogP contribution in [0.1, 0.15) is 25.0 Å². The molecule has 53 heavy (non-hydrogen) atoms. The lowest BCUT2D eigenvalue weighted by atomic mass is 9.81. The molecule has 11 rings (SSSR count). The van der Waals surface area contributed by atoms with Gasteiger partial charge in [0, 0.05) is 60.6 Å². The number of para-hydroxylation sites is 3. The maximum Gasteiger partial charge on any atom is 0.160 e. The third-order valence-corrected chi connectivity index (χ3v) is 11.3. The highest BCUT2D eigenvalue weighted by atomic mass is 15.0. The van der Waals surface area contributed by atoms with Crippen molar-refractivity contribution in [2.75, 3.05) is 0 Å². The van der Waals surface area contributed by atoms with Crippen LogP contribution in [0.15, 0.2) is 170 Å². The third kappa shape index (κ3) is 4.30. The van der Waals surface area contributed by atoms with Crippen LogP contribution in [0.4, 0.5) is 0 Å². The molecule has 3 aromatic heterocycles. The van der Waals surface area contributed by atoms with Crippen LogP contribution in [0.2, 0.25) is 0 Å². The Morgan fingerprint density at radius 2 is 0.962 bits per heavy atom. The molecule has 7 aromatic carbocycles. The third-order valence-electron chi connectivity index (χ3n) is 11.3. The summed E-state index contributed by atoms with van der Waals surface area (Å²) in [5.74, 6) is 0.726. The molecule has 250 valence electrons. The fraction of sp³-hybridized carbons (Fsp3) is 0.0612. The lowest BCUT2D eigenvalue weighted by molar-refractivity contribution is 0.658. The van der Waals surface area contributed by atoms with Crippen molar-refractivity contribution < 1.29 is 0 Å². The van der Waals surface area contributed by atoms with Crippen LogP contribution in [-0.4, -0.2) is 19.1 Å². The zero-order valence-electron chi connectivity index (χ0n) is 29.5. The molecule has 0 bridgehead atoms. The predicted molar refractivity (Wildman–Crippen MR) is 219 cm³/mol. The smallest absolute Gasteiger partial charge is 0.160 e. The van der Waals surface area contributed by atoms with E-state index in [1.54, 1.807) is 0 Å². The molecule has 0 unspecified atom stereocenters. The second-order valence-corrected chi connectivity index (χ2v) is 14.6. The molecule has 0 radical (unpaired) electrons. The Morgan fingerprint density at radius 1 is 0.415 bits per heavy atom. The number of aromatic nitrogens is 4. The molecule has 4 heteroatoms. The van der Waals surface area contributed by atoms with E-state index in [9.17, 15) is 0 Å². The minimum Gasteiger partial charge on any atom is -0.309 e. The van der Waals surface area contributed by atoms with Gasteiger partial charge in [-0.1, -0.05) is 135 Å². The Morgan fingerprint density at radius 3 is 1.68 bits per heavy atom. The maximum atomic E-state index is 5.40. The summed E-state index contributed by atoms with van der Waals surface area (Å²) in [6.45, 7) is 4.59. The zero-order valence-corrected chi connectivity index (χ0v) is 29.5. The normalized spacial score (nSPS) is 13.2. The van der Waals surface area contributed by atoms with Crippen LogP contribution in [0.3, 0.4) is 0 Å². The Bertz CT molecular complexity index is 3080. The highest BCUT2D eigenvalue weighted by molar-refractivity contribution is 6.19. The summed E-state index contributed by atoms with van der Waals surface area (Å²) in [7, 11) is 0. The van der Waals surface area contributed by atoms with Crippen LogP contribution in [-0.2, 0) is 5.41 Å². The summed E-state index contributed by atoms with van der Waals surface area (Å²) in [4.78, 5) is 10.8. The number of rotatable bonds is 4. The zero-order chi connectivity index (χ0) is 35.3. The van der Waals surface area contributed by atoms with Crippen molar-refractivity contribution in [3.8, 4) is 45.3 Å². The highest BCUT2D eigenvalue weighted by Crippen LogP contribution is 2.51. The van der Waals surface area contributed by atoms with Crippen LogP contribution in [0, 0.1) is 0 Å². The van der Waals surface area contributed by atoms with Gasteiger partial charge in [0.25, 0.3) is 0 Å². The van der Waals surface area contributed by atoms with Gasteiger partial charge < -0.3 is 9.13 Å². The van der Waals surface area contributed by atoms with Gasteiger partial charge in [0.05, 0.1) is 33.5 Å². The van der Waals surface area contributed by atoms with Gasteiger partial charge in [0.15, 0.2) is 5.82 Å². The van der Waals surface area contributed by atoms with Gasteiger partial charge >= 0.3 is 0 Å². The summed E-state index contributed by atoms with van der Waals surface area (Å²) >= 11 is 0. The van der Waals surface area contributed by atoms with Gasteiger partial charge in [-0.25, -0.2) is 9.97 Å². The predicted octanol–water partition coefficient (Wildman–Crippen LogP) is 12.3. The number of benzene rings is 7. The number of fused-ring (bicyclic) bond motifs is 9. The summed E-state index contributed by atoms with van der Waals surface area (Å²) in [6, 6.07) is 60.9. The summed E-state index contributed by atoms with van der Waals surface area (Å²) in [5.41, 5.74) is 14.5. The van der Waals surface area contributed by atoms with E-state index in [1.165, 1.54) is 54.8 Å². The topological polar surface area (TPSA) is 35.6 Å². The first-order valence-corrected chi connectivity index (χ1v) is 18.3. The van der Waals surface area contributed by atoms with Crippen molar-refractivity contribution >= 4 is 43.6 Å². The maximum absolute atomic E-state index is 5.40. The Labute approximate surface area is 307 Å². The summed E-state index contributed by atoms with van der Waals surface area (Å²) < 4.78 is 4.80. The second-order valence-electron chi connectivity index (χ2n) is 14.6. The molecule has 0 amide bonds. The van der Waals surface area contributed by atoms with E-state index < -0.39 is 0 Å². The fourth-order valence-corrected chi connectivity index (χ4v) is 8.90. The molecule has 0 spiro atoms. The largest absolute Gasteiger partial charge is 0.309 e. The molecule has 4 nitrogen and oxygen atoms in total. The lowest BCUT2D eigenvalue weighted by Crippen LogP contribution is -2.17. The molecule has 3 heterocycles. The Kier molecular flexibility index (Phi) is 6.27. The molecule has 0 saturated carbocycles. The van der Waals surface area contributed by atoms with E-state index in [0.717, 1.165) is 45.2 Å². The first-order chi connectivity index (χ1) is 26.1.